The van der Waals surface area contributed by atoms with Crippen LogP contribution in [0.15, 0.2) is 22.1 Å². The lowest BCUT2D eigenvalue weighted by Crippen LogP contribution is -2.42. The Kier molecular flexibility index (Phi) is 4.59. The van der Waals surface area contributed by atoms with Crippen LogP contribution < -0.4 is 10.9 Å². The largest absolute Gasteiger partial charge is 0.345 e. The molecular formula is C16H18BrN3O2S. The fourth-order valence-corrected chi connectivity index (χ4v) is 4.63. The maximum atomic E-state index is 12.3. The molecule has 0 bridgehead atoms. The van der Waals surface area contributed by atoms with Crippen LogP contribution >= 0.6 is 27.3 Å². The van der Waals surface area contributed by atoms with E-state index in [4.69, 9.17) is 0 Å². The van der Waals surface area contributed by atoms with Gasteiger partial charge in [0.05, 0.1) is 5.56 Å². The van der Waals surface area contributed by atoms with Crippen LogP contribution in [0.4, 0.5) is 0 Å². The molecule has 1 aliphatic rings. The highest BCUT2D eigenvalue weighted by molar-refractivity contribution is 9.10. The summed E-state index contributed by atoms with van der Waals surface area (Å²) in [6.07, 6.45) is 4.86. The van der Waals surface area contributed by atoms with E-state index in [9.17, 15) is 9.59 Å². The lowest BCUT2D eigenvalue weighted by molar-refractivity contribution is 0.0841. The lowest BCUT2D eigenvalue weighted by Gasteiger charge is -2.18. The van der Waals surface area contributed by atoms with E-state index < -0.39 is 0 Å². The van der Waals surface area contributed by atoms with E-state index in [1.807, 2.05) is 5.38 Å². The van der Waals surface area contributed by atoms with Crippen molar-refractivity contribution in [3.05, 3.63) is 43.8 Å². The van der Waals surface area contributed by atoms with Gasteiger partial charge in [-0.2, -0.15) is 0 Å². The van der Waals surface area contributed by atoms with Crippen molar-refractivity contribution >= 4 is 39.1 Å². The molecule has 1 atom stereocenters. The summed E-state index contributed by atoms with van der Waals surface area (Å²) < 4.78 is 2.51. The summed E-state index contributed by atoms with van der Waals surface area (Å²) in [4.78, 5) is 25.8. The Morgan fingerprint density at radius 2 is 2.09 bits per heavy atom. The fraction of sp³-hybridized carbons (Fsp3) is 0.375. The van der Waals surface area contributed by atoms with Crippen LogP contribution in [0, 0.1) is 5.92 Å². The number of amides is 2. The monoisotopic (exact) mass is 395 g/mol. The van der Waals surface area contributed by atoms with Crippen molar-refractivity contribution in [2.75, 3.05) is 0 Å². The van der Waals surface area contributed by atoms with E-state index in [1.165, 1.54) is 4.88 Å². The molecule has 2 aromatic heterocycles. The van der Waals surface area contributed by atoms with Gasteiger partial charge < -0.3 is 4.57 Å². The van der Waals surface area contributed by atoms with E-state index in [2.05, 4.69) is 33.7 Å². The lowest BCUT2D eigenvalue weighted by atomic mass is 9.88. The molecule has 7 heteroatoms. The van der Waals surface area contributed by atoms with Crippen molar-refractivity contribution in [1.82, 2.24) is 15.4 Å². The summed E-state index contributed by atoms with van der Waals surface area (Å²) in [6, 6.07) is 1.70. The highest BCUT2D eigenvalue weighted by Gasteiger charge is 2.23. The van der Waals surface area contributed by atoms with Gasteiger partial charge in [0.1, 0.15) is 5.69 Å². The maximum Gasteiger partial charge on any atom is 0.286 e. The molecule has 1 unspecified atom stereocenters. The van der Waals surface area contributed by atoms with Gasteiger partial charge in [-0.3, -0.25) is 20.4 Å². The van der Waals surface area contributed by atoms with Gasteiger partial charge in [0.15, 0.2) is 0 Å². The van der Waals surface area contributed by atoms with Crippen LogP contribution in [0.25, 0.3) is 0 Å². The molecule has 1 aliphatic carbocycles. The summed E-state index contributed by atoms with van der Waals surface area (Å²) in [5.41, 5.74) is 7.30. The Morgan fingerprint density at radius 3 is 2.78 bits per heavy atom. The molecule has 0 radical (unpaired) electrons. The Labute approximate surface area is 147 Å². The number of fused-ring (bicyclic) bond motifs is 1. The zero-order valence-electron chi connectivity index (χ0n) is 13.0. The molecule has 2 aromatic rings. The molecule has 2 amide bonds. The van der Waals surface area contributed by atoms with Crippen LogP contribution in [0.5, 0.6) is 0 Å². The Balaban J connectivity index is 1.66. The third kappa shape index (κ3) is 3.35. The average molecular weight is 396 g/mol. The Hall–Kier alpha value is -1.60. The molecular weight excluding hydrogens is 378 g/mol. The first-order chi connectivity index (χ1) is 11.0. The topological polar surface area (TPSA) is 63.1 Å². The highest BCUT2D eigenvalue weighted by atomic mass is 79.9. The number of hydrogen-bond donors (Lipinski definition) is 2. The summed E-state index contributed by atoms with van der Waals surface area (Å²) in [6.45, 7) is 2.24. The van der Waals surface area contributed by atoms with Crippen LogP contribution in [0.2, 0.25) is 0 Å². The van der Waals surface area contributed by atoms with Gasteiger partial charge in [-0.25, -0.2) is 0 Å². The normalized spacial score (nSPS) is 16.7. The highest BCUT2D eigenvalue weighted by Crippen LogP contribution is 2.32. The smallest absolute Gasteiger partial charge is 0.286 e. The number of aromatic nitrogens is 1. The molecule has 0 saturated carbocycles. The van der Waals surface area contributed by atoms with E-state index in [-0.39, 0.29) is 11.8 Å². The third-order valence-corrected chi connectivity index (χ3v) is 5.62. The number of carbonyl (C=O) groups excluding carboxylic acids is 2. The minimum atomic E-state index is -0.343. The predicted octanol–water partition coefficient (Wildman–Crippen LogP) is 3.05. The maximum absolute atomic E-state index is 12.3. The number of halogens is 1. The molecule has 0 fully saturated rings. The summed E-state index contributed by atoms with van der Waals surface area (Å²) >= 11 is 4.96. The minimum absolute atomic E-state index is 0.251. The Bertz CT molecular complexity index is 765. The molecule has 5 nitrogen and oxygen atoms in total. The van der Waals surface area contributed by atoms with Crippen LogP contribution in [-0.2, 0) is 19.9 Å². The number of nitrogens with zero attached hydrogens (tertiary/aromatic N) is 1. The molecule has 0 saturated heterocycles. The fourth-order valence-electron chi connectivity index (χ4n) is 2.86. The first kappa shape index (κ1) is 16.3. The zero-order valence-corrected chi connectivity index (χ0v) is 15.4. The van der Waals surface area contributed by atoms with Crippen LogP contribution in [0.1, 0.15) is 44.6 Å². The number of hydrogen-bond acceptors (Lipinski definition) is 3. The van der Waals surface area contributed by atoms with Gasteiger partial charge in [0.25, 0.3) is 11.8 Å². The molecule has 2 heterocycles. The van der Waals surface area contributed by atoms with E-state index in [0.717, 1.165) is 29.3 Å². The number of hydrazine groups is 1. The summed E-state index contributed by atoms with van der Waals surface area (Å²) in [7, 11) is 1.78. The number of carbonyl (C=O) groups is 2. The minimum Gasteiger partial charge on any atom is -0.345 e. The van der Waals surface area contributed by atoms with Gasteiger partial charge in [0, 0.05) is 28.0 Å². The van der Waals surface area contributed by atoms with Gasteiger partial charge in [-0.15, -0.1) is 11.3 Å². The number of rotatable bonds is 2. The molecule has 0 spiro atoms. The first-order valence-electron chi connectivity index (χ1n) is 7.47. The van der Waals surface area contributed by atoms with E-state index in [0.29, 0.717) is 17.2 Å². The quantitative estimate of drug-likeness (QED) is 0.767. The number of aryl methyl sites for hydroxylation is 1. The molecule has 23 heavy (non-hydrogen) atoms. The van der Waals surface area contributed by atoms with Gasteiger partial charge >= 0.3 is 0 Å². The van der Waals surface area contributed by atoms with Crippen molar-refractivity contribution < 1.29 is 9.59 Å². The Morgan fingerprint density at radius 1 is 1.35 bits per heavy atom. The second-order valence-electron chi connectivity index (χ2n) is 5.96. The van der Waals surface area contributed by atoms with Crippen molar-refractivity contribution in [1.29, 1.82) is 0 Å². The summed E-state index contributed by atoms with van der Waals surface area (Å²) in [5, 5.41) is 1.89. The third-order valence-electron chi connectivity index (χ3n) is 4.14. The van der Waals surface area contributed by atoms with Crippen LogP contribution in [-0.4, -0.2) is 16.4 Å². The molecule has 0 aromatic carbocycles. The zero-order chi connectivity index (χ0) is 16.6. The SMILES string of the molecule is CC1CCc2c(C(=O)NNC(=O)c3cc(Br)cn3C)csc2C1. The van der Waals surface area contributed by atoms with Crippen molar-refractivity contribution in [2.45, 2.75) is 26.2 Å². The van der Waals surface area contributed by atoms with Gasteiger partial charge in [0.2, 0.25) is 0 Å². The molecule has 122 valence electrons. The second kappa shape index (κ2) is 6.49. The predicted molar refractivity (Wildman–Crippen MR) is 93.6 cm³/mol. The van der Waals surface area contributed by atoms with Crippen molar-refractivity contribution in [2.24, 2.45) is 13.0 Å². The van der Waals surface area contributed by atoms with Crippen molar-refractivity contribution in [3.8, 4) is 0 Å². The van der Waals surface area contributed by atoms with Crippen LogP contribution in [0.3, 0.4) is 0 Å². The molecule has 2 N–H and O–H groups in total. The standard InChI is InChI=1S/C16H18BrN3O2S/c1-9-3-4-11-12(8-23-14(11)5-9)15(21)18-19-16(22)13-6-10(17)7-20(13)2/h6-9H,3-5H2,1-2H3,(H,18,21)(H,19,22). The number of thiophene rings is 1. The van der Waals surface area contributed by atoms with E-state index in [1.54, 1.807) is 35.2 Å². The van der Waals surface area contributed by atoms with Gasteiger partial charge in [-0.05, 0) is 52.7 Å². The van der Waals surface area contributed by atoms with E-state index >= 15 is 0 Å². The molecule has 3 rings (SSSR count). The average Bonchev–Trinajstić information content (AvgIpc) is 3.06. The molecule has 0 aliphatic heterocycles. The first-order valence-corrected chi connectivity index (χ1v) is 9.14. The summed E-state index contributed by atoms with van der Waals surface area (Å²) in [5.74, 6) is 0.0792. The second-order valence-corrected chi connectivity index (χ2v) is 7.84. The van der Waals surface area contributed by atoms with Crippen molar-refractivity contribution in [3.63, 3.8) is 0 Å². The number of nitrogens with one attached hydrogen (secondary N) is 2. The van der Waals surface area contributed by atoms with Gasteiger partial charge in [-0.1, -0.05) is 6.92 Å².